The van der Waals surface area contributed by atoms with E-state index in [2.05, 4.69) is 15.0 Å². The zero-order valence-corrected chi connectivity index (χ0v) is 11.0. The van der Waals surface area contributed by atoms with Gasteiger partial charge < -0.3 is 25.8 Å². The van der Waals surface area contributed by atoms with Gasteiger partial charge in [0.2, 0.25) is 0 Å². The molecule has 0 saturated carbocycles. The van der Waals surface area contributed by atoms with E-state index in [9.17, 15) is 14.7 Å². The fourth-order valence-electron chi connectivity index (χ4n) is 2.18. The number of ether oxygens (including phenoxy) is 1. The van der Waals surface area contributed by atoms with Gasteiger partial charge in [0.15, 0.2) is 0 Å². The van der Waals surface area contributed by atoms with Crippen molar-refractivity contribution in [3.8, 4) is 0 Å². The molecule has 4 N–H and O–H groups in total. The lowest BCUT2D eigenvalue weighted by Gasteiger charge is -2.19. The van der Waals surface area contributed by atoms with Crippen LogP contribution in [0.3, 0.4) is 0 Å². The highest BCUT2D eigenvalue weighted by Gasteiger charge is 2.28. The number of carbonyl (C=O) groups excluding carboxylic acids is 1. The monoisotopic (exact) mass is 280 g/mol. The summed E-state index contributed by atoms with van der Waals surface area (Å²) in [6, 6.07) is 1.29. The fraction of sp³-hybridized carbons (Fsp3) is 0.417. The van der Waals surface area contributed by atoms with Crippen LogP contribution in [0, 0.1) is 0 Å². The number of amides is 1. The predicted octanol–water partition coefficient (Wildman–Crippen LogP) is 0.297. The van der Waals surface area contributed by atoms with Crippen LogP contribution in [0.1, 0.15) is 16.8 Å². The first kappa shape index (κ1) is 13.9. The zero-order valence-electron chi connectivity index (χ0n) is 11.0. The van der Waals surface area contributed by atoms with Crippen molar-refractivity contribution in [2.24, 2.45) is 0 Å². The number of methoxy groups -OCH3 is 1. The number of carboxylic acid groups (broad SMARTS) is 1. The van der Waals surface area contributed by atoms with E-state index in [4.69, 9.17) is 5.73 Å². The van der Waals surface area contributed by atoms with E-state index in [0.717, 1.165) is 0 Å². The molecule has 1 saturated heterocycles. The standard InChI is InChI=1S/C12H16N4O4/c1-20-12(19)15-8-2-3-16(6-8)10-9(11(17)18)4-7(13)5-14-10/h4-5,8H,2-3,6,13H2,1H3,(H,15,19)(H,17,18). The molecule has 1 amide bonds. The number of anilines is 2. The Balaban J connectivity index is 2.14. The van der Waals surface area contributed by atoms with Crippen LogP contribution in [0.4, 0.5) is 16.3 Å². The van der Waals surface area contributed by atoms with E-state index in [1.807, 2.05) is 4.90 Å². The van der Waals surface area contributed by atoms with Gasteiger partial charge in [0.25, 0.3) is 0 Å². The van der Waals surface area contributed by atoms with Crippen LogP contribution in [0.15, 0.2) is 12.3 Å². The topological polar surface area (TPSA) is 118 Å². The normalized spacial score (nSPS) is 17.9. The third-order valence-corrected chi connectivity index (χ3v) is 3.11. The Labute approximate surface area is 115 Å². The molecule has 108 valence electrons. The minimum atomic E-state index is -1.08. The van der Waals surface area contributed by atoms with E-state index in [1.165, 1.54) is 19.4 Å². The number of nitrogens with zero attached hydrogens (tertiary/aromatic N) is 2. The molecule has 0 spiro atoms. The number of nitrogens with two attached hydrogens (primary N) is 1. The molecule has 0 bridgehead atoms. The number of hydrogen-bond acceptors (Lipinski definition) is 6. The molecule has 1 unspecified atom stereocenters. The van der Waals surface area contributed by atoms with E-state index >= 15 is 0 Å². The number of carbonyl (C=O) groups is 2. The van der Waals surface area contributed by atoms with E-state index in [0.29, 0.717) is 31.0 Å². The molecule has 0 radical (unpaired) electrons. The Hall–Kier alpha value is -2.51. The van der Waals surface area contributed by atoms with Gasteiger partial charge in [-0.3, -0.25) is 0 Å². The van der Waals surface area contributed by atoms with E-state index in [1.54, 1.807) is 0 Å². The maximum Gasteiger partial charge on any atom is 0.407 e. The SMILES string of the molecule is COC(=O)NC1CCN(c2ncc(N)cc2C(=O)O)C1. The number of nitrogen functional groups attached to an aromatic ring is 1. The molecular weight excluding hydrogens is 264 g/mol. The second-order valence-electron chi connectivity index (χ2n) is 4.51. The number of hydrogen-bond donors (Lipinski definition) is 3. The van der Waals surface area contributed by atoms with Crippen molar-refractivity contribution in [3.05, 3.63) is 17.8 Å². The van der Waals surface area contributed by atoms with Gasteiger partial charge in [0.05, 0.1) is 25.0 Å². The smallest absolute Gasteiger partial charge is 0.407 e. The number of pyridine rings is 1. The van der Waals surface area contributed by atoms with E-state index in [-0.39, 0.29) is 11.6 Å². The van der Waals surface area contributed by atoms with Crippen LogP contribution >= 0.6 is 0 Å². The first-order chi connectivity index (χ1) is 9.51. The Kier molecular flexibility index (Phi) is 3.92. The predicted molar refractivity (Wildman–Crippen MR) is 71.8 cm³/mol. The lowest BCUT2D eigenvalue weighted by Crippen LogP contribution is -2.37. The van der Waals surface area contributed by atoms with Crippen molar-refractivity contribution in [2.45, 2.75) is 12.5 Å². The molecule has 20 heavy (non-hydrogen) atoms. The number of aromatic carboxylic acids is 1. The van der Waals surface area contributed by atoms with Crippen LogP contribution in [-0.2, 0) is 4.74 Å². The summed E-state index contributed by atoms with van der Waals surface area (Å²) in [6.07, 6.45) is 1.61. The molecule has 8 nitrogen and oxygen atoms in total. The number of aromatic nitrogens is 1. The summed E-state index contributed by atoms with van der Waals surface area (Å²) >= 11 is 0. The van der Waals surface area contributed by atoms with Crippen LogP contribution in [0.5, 0.6) is 0 Å². The summed E-state index contributed by atoms with van der Waals surface area (Å²) < 4.78 is 4.54. The highest BCUT2D eigenvalue weighted by molar-refractivity contribution is 5.94. The Morgan fingerprint density at radius 1 is 1.60 bits per heavy atom. The van der Waals surface area contributed by atoms with E-state index < -0.39 is 12.1 Å². The maximum atomic E-state index is 11.2. The van der Waals surface area contributed by atoms with Crippen molar-refractivity contribution >= 4 is 23.6 Å². The molecule has 0 aromatic carbocycles. The molecule has 1 aliphatic rings. The van der Waals surface area contributed by atoms with Crippen LogP contribution in [0.2, 0.25) is 0 Å². The van der Waals surface area contributed by atoms with Crippen LogP contribution < -0.4 is 16.0 Å². The van der Waals surface area contributed by atoms with Gasteiger partial charge in [-0.25, -0.2) is 14.6 Å². The first-order valence-corrected chi connectivity index (χ1v) is 6.09. The molecule has 1 aliphatic heterocycles. The fourth-order valence-corrected chi connectivity index (χ4v) is 2.18. The summed E-state index contributed by atoms with van der Waals surface area (Å²) in [5.74, 6) is -0.718. The summed E-state index contributed by atoms with van der Waals surface area (Å²) in [7, 11) is 1.30. The van der Waals surface area contributed by atoms with Gasteiger partial charge in [0.1, 0.15) is 11.4 Å². The molecule has 1 fully saturated rings. The molecule has 8 heteroatoms. The number of carboxylic acids is 1. The third-order valence-electron chi connectivity index (χ3n) is 3.11. The number of alkyl carbamates (subject to hydrolysis) is 1. The molecule has 0 aliphatic carbocycles. The summed E-state index contributed by atoms with van der Waals surface area (Å²) in [5.41, 5.74) is 5.92. The number of rotatable bonds is 3. The molecular formula is C12H16N4O4. The second-order valence-corrected chi connectivity index (χ2v) is 4.51. The Bertz CT molecular complexity index is 534. The number of nitrogens with one attached hydrogen (secondary N) is 1. The maximum absolute atomic E-state index is 11.2. The lowest BCUT2D eigenvalue weighted by atomic mass is 10.2. The molecule has 1 aromatic rings. The zero-order chi connectivity index (χ0) is 14.7. The first-order valence-electron chi connectivity index (χ1n) is 6.09. The lowest BCUT2D eigenvalue weighted by molar-refractivity contribution is 0.0697. The van der Waals surface area contributed by atoms with Gasteiger partial charge in [-0.15, -0.1) is 0 Å². The molecule has 1 atom stereocenters. The third kappa shape index (κ3) is 2.90. The molecule has 2 rings (SSSR count). The average Bonchev–Trinajstić information content (AvgIpc) is 2.86. The van der Waals surface area contributed by atoms with Gasteiger partial charge in [-0.2, -0.15) is 0 Å². The largest absolute Gasteiger partial charge is 0.478 e. The Morgan fingerprint density at radius 3 is 3.00 bits per heavy atom. The minimum Gasteiger partial charge on any atom is -0.478 e. The minimum absolute atomic E-state index is 0.0590. The van der Waals surface area contributed by atoms with Gasteiger partial charge in [-0.05, 0) is 12.5 Å². The van der Waals surface area contributed by atoms with Crippen LogP contribution in [0.25, 0.3) is 0 Å². The van der Waals surface area contributed by atoms with Crippen molar-refractivity contribution in [1.82, 2.24) is 10.3 Å². The van der Waals surface area contributed by atoms with Crippen molar-refractivity contribution in [1.29, 1.82) is 0 Å². The van der Waals surface area contributed by atoms with Gasteiger partial charge in [0, 0.05) is 13.1 Å². The quantitative estimate of drug-likeness (QED) is 0.728. The summed E-state index contributed by atoms with van der Waals surface area (Å²) in [4.78, 5) is 28.3. The highest BCUT2D eigenvalue weighted by Crippen LogP contribution is 2.24. The van der Waals surface area contributed by atoms with Gasteiger partial charge in [-0.1, -0.05) is 0 Å². The van der Waals surface area contributed by atoms with Crippen molar-refractivity contribution in [2.75, 3.05) is 30.8 Å². The van der Waals surface area contributed by atoms with Crippen LogP contribution in [-0.4, -0.2) is 48.4 Å². The van der Waals surface area contributed by atoms with Crippen molar-refractivity contribution < 1.29 is 19.4 Å². The summed E-state index contributed by atoms with van der Waals surface area (Å²) in [5, 5.41) is 11.9. The average molecular weight is 280 g/mol. The van der Waals surface area contributed by atoms with Crippen molar-refractivity contribution in [3.63, 3.8) is 0 Å². The van der Waals surface area contributed by atoms with Gasteiger partial charge >= 0.3 is 12.1 Å². The summed E-state index contributed by atoms with van der Waals surface area (Å²) in [6.45, 7) is 1.08. The Morgan fingerprint density at radius 2 is 2.35 bits per heavy atom. The highest BCUT2D eigenvalue weighted by atomic mass is 16.5. The second kappa shape index (κ2) is 5.64. The molecule has 2 heterocycles. The molecule has 1 aromatic heterocycles.